The van der Waals surface area contributed by atoms with E-state index in [1.54, 1.807) is 12.0 Å². The Morgan fingerprint density at radius 1 is 1.57 bits per heavy atom. The molecule has 1 aliphatic rings. The number of methoxy groups -OCH3 is 1. The number of nitrogens with one attached hydrogen (secondary N) is 1. The van der Waals surface area contributed by atoms with Crippen LogP contribution in [0.1, 0.15) is 37.5 Å². The van der Waals surface area contributed by atoms with E-state index in [0.717, 1.165) is 31.2 Å². The van der Waals surface area contributed by atoms with Gasteiger partial charge in [0.1, 0.15) is 5.82 Å². The van der Waals surface area contributed by atoms with Crippen molar-refractivity contribution in [2.45, 2.75) is 38.8 Å². The molecule has 0 saturated carbocycles. The van der Waals surface area contributed by atoms with E-state index >= 15 is 0 Å². The maximum absolute atomic E-state index is 12.0. The lowest BCUT2D eigenvalue weighted by Crippen LogP contribution is -2.33. The van der Waals surface area contributed by atoms with Crippen molar-refractivity contribution in [3.05, 3.63) is 11.6 Å². The molecule has 0 aromatic carbocycles. The molecule has 21 heavy (non-hydrogen) atoms. The second kappa shape index (κ2) is 7.00. The van der Waals surface area contributed by atoms with Crippen molar-refractivity contribution in [2.75, 3.05) is 33.8 Å². The Hall–Kier alpha value is -1.47. The number of amides is 1. The highest BCUT2D eigenvalue weighted by molar-refractivity contribution is 5.75. The molecule has 2 rings (SSSR count). The van der Waals surface area contributed by atoms with Crippen LogP contribution in [-0.4, -0.2) is 70.8 Å². The summed E-state index contributed by atoms with van der Waals surface area (Å²) in [5, 5.41) is 7.15. The van der Waals surface area contributed by atoms with Gasteiger partial charge in [-0.3, -0.25) is 14.8 Å². The van der Waals surface area contributed by atoms with E-state index < -0.39 is 0 Å². The van der Waals surface area contributed by atoms with Crippen LogP contribution in [0.4, 0.5) is 0 Å². The average molecular weight is 295 g/mol. The Balaban J connectivity index is 2.00. The van der Waals surface area contributed by atoms with Crippen LogP contribution in [0.25, 0.3) is 0 Å². The largest absolute Gasteiger partial charge is 0.380 e. The van der Waals surface area contributed by atoms with Crippen LogP contribution in [0.3, 0.4) is 0 Å². The number of aryl methyl sites for hydroxylation is 1. The van der Waals surface area contributed by atoms with Crippen molar-refractivity contribution in [1.29, 1.82) is 0 Å². The second-order valence-electron chi connectivity index (χ2n) is 5.54. The first-order valence-corrected chi connectivity index (χ1v) is 7.44. The minimum atomic E-state index is 0.125. The molecule has 1 amide bonds. The van der Waals surface area contributed by atoms with Gasteiger partial charge in [-0.25, -0.2) is 4.98 Å². The van der Waals surface area contributed by atoms with E-state index in [9.17, 15) is 4.79 Å². The zero-order chi connectivity index (χ0) is 15.4. The zero-order valence-corrected chi connectivity index (χ0v) is 13.3. The van der Waals surface area contributed by atoms with Gasteiger partial charge in [0.25, 0.3) is 0 Å². The van der Waals surface area contributed by atoms with Crippen LogP contribution in [0.5, 0.6) is 0 Å². The lowest BCUT2D eigenvalue weighted by atomic mass is 10.2. The van der Waals surface area contributed by atoms with Crippen LogP contribution < -0.4 is 0 Å². The molecule has 0 spiro atoms. The van der Waals surface area contributed by atoms with E-state index in [1.165, 1.54) is 0 Å². The molecule has 1 fully saturated rings. The molecule has 2 heterocycles. The molecule has 0 aliphatic carbocycles. The fourth-order valence-electron chi connectivity index (χ4n) is 2.66. The summed E-state index contributed by atoms with van der Waals surface area (Å²) in [5.41, 5.74) is 0. The van der Waals surface area contributed by atoms with Crippen molar-refractivity contribution in [3.63, 3.8) is 0 Å². The topological polar surface area (TPSA) is 74.3 Å². The highest BCUT2D eigenvalue weighted by atomic mass is 16.5. The predicted molar refractivity (Wildman–Crippen MR) is 78.8 cm³/mol. The number of aromatic nitrogens is 3. The highest BCUT2D eigenvalue weighted by Gasteiger charge is 2.35. The predicted octanol–water partition coefficient (Wildman–Crippen LogP) is 0.743. The number of H-pyrrole nitrogens is 1. The van der Waals surface area contributed by atoms with Crippen molar-refractivity contribution in [2.24, 2.45) is 0 Å². The van der Waals surface area contributed by atoms with Crippen molar-refractivity contribution in [1.82, 2.24) is 25.0 Å². The minimum Gasteiger partial charge on any atom is -0.380 e. The molecule has 7 heteroatoms. The lowest BCUT2D eigenvalue weighted by molar-refractivity contribution is -0.130. The number of ether oxygens (including phenoxy) is 1. The minimum absolute atomic E-state index is 0.125. The Morgan fingerprint density at radius 3 is 2.90 bits per heavy atom. The van der Waals surface area contributed by atoms with Gasteiger partial charge in [0, 0.05) is 40.2 Å². The van der Waals surface area contributed by atoms with Crippen LogP contribution in [-0.2, 0) is 9.53 Å². The van der Waals surface area contributed by atoms with Gasteiger partial charge in [0.05, 0.1) is 12.1 Å². The van der Waals surface area contributed by atoms with Crippen LogP contribution >= 0.6 is 0 Å². The standard InChI is InChI=1S/C14H25N5O2/c1-5-18(3)13(20)6-7-19-9-11(21-4)8-12(19)14-15-10(2)16-17-14/h11-12H,5-9H2,1-4H3,(H,15,16,17)/t11-,12+/m1/s1. The molecule has 1 aromatic rings. The Bertz CT molecular complexity index is 476. The molecule has 118 valence electrons. The molecule has 2 atom stereocenters. The number of likely N-dealkylation sites (tertiary alicyclic amines) is 1. The monoisotopic (exact) mass is 295 g/mol. The molecular formula is C14H25N5O2. The van der Waals surface area contributed by atoms with Crippen LogP contribution in [0.2, 0.25) is 0 Å². The number of carbonyl (C=O) groups excluding carboxylic acids is 1. The van der Waals surface area contributed by atoms with Crippen LogP contribution in [0.15, 0.2) is 0 Å². The number of rotatable bonds is 6. The van der Waals surface area contributed by atoms with Gasteiger partial charge in [-0.05, 0) is 20.3 Å². The fourth-order valence-corrected chi connectivity index (χ4v) is 2.66. The van der Waals surface area contributed by atoms with Gasteiger partial charge in [-0.15, -0.1) is 0 Å². The average Bonchev–Trinajstić information content (AvgIpc) is 3.09. The number of nitrogens with zero attached hydrogens (tertiary/aromatic N) is 4. The summed E-state index contributed by atoms with van der Waals surface area (Å²) in [6.45, 7) is 6.14. The summed E-state index contributed by atoms with van der Waals surface area (Å²) in [7, 11) is 3.56. The molecule has 0 radical (unpaired) electrons. The first kappa shape index (κ1) is 15.9. The van der Waals surface area contributed by atoms with Gasteiger partial charge < -0.3 is 9.64 Å². The Labute approximate surface area is 125 Å². The lowest BCUT2D eigenvalue weighted by Gasteiger charge is -2.23. The number of aromatic amines is 1. The number of hydrogen-bond acceptors (Lipinski definition) is 5. The molecule has 0 bridgehead atoms. The van der Waals surface area contributed by atoms with E-state index in [0.29, 0.717) is 13.0 Å². The highest BCUT2D eigenvalue weighted by Crippen LogP contribution is 2.31. The quantitative estimate of drug-likeness (QED) is 0.838. The molecule has 1 aromatic heterocycles. The molecule has 7 nitrogen and oxygen atoms in total. The Morgan fingerprint density at radius 2 is 2.33 bits per heavy atom. The summed E-state index contributed by atoms with van der Waals surface area (Å²) in [5.74, 6) is 1.78. The van der Waals surface area contributed by atoms with Gasteiger partial charge in [0.15, 0.2) is 5.82 Å². The maximum Gasteiger partial charge on any atom is 0.223 e. The third-order valence-electron chi connectivity index (χ3n) is 4.12. The maximum atomic E-state index is 12.0. The van der Waals surface area contributed by atoms with Gasteiger partial charge in [-0.1, -0.05) is 0 Å². The summed E-state index contributed by atoms with van der Waals surface area (Å²) in [6.07, 6.45) is 1.56. The summed E-state index contributed by atoms with van der Waals surface area (Å²) >= 11 is 0. The van der Waals surface area contributed by atoms with Crippen molar-refractivity contribution in [3.8, 4) is 0 Å². The molecule has 1 saturated heterocycles. The summed E-state index contributed by atoms with van der Waals surface area (Å²) in [6, 6.07) is 0.125. The van der Waals surface area contributed by atoms with Crippen molar-refractivity contribution >= 4 is 5.91 Å². The van der Waals surface area contributed by atoms with Gasteiger partial charge in [-0.2, -0.15) is 5.10 Å². The summed E-state index contributed by atoms with van der Waals surface area (Å²) < 4.78 is 5.47. The van der Waals surface area contributed by atoms with Gasteiger partial charge in [0.2, 0.25) is 5.91 Å². The van der Waals surface area contributed by atoms with E-state index in [2.05, 4.69) is 20.1 Å². The molecule has 1 N–H and O–H groups in total. The third-order valence-corrected chi connectivity index (χ3v) is 4.12. The molecule has 1 aliphatic heterocycles. The zero-order valence-electron chi connectivity index (χ0n) is 13.3. The van der Waals surface area contributed by atoms with E-state index in [-0.39, 0.29) is 18.1 Å². The van der Waals surface area contributed by atoms with Crippen LogP contribution in [0, 0.1) is 6.92 Å². The number of hydrogen-bond donors (Lipinski definition) is 1. The molecular weight excluding hydrogens is 270 g/mol. The summed E-state index contributed by atoms with van der Waals surface area (Å²) in [4.78, 5) is 20.4. The SMILES string of the molecule is CCN(C)C(=O)CCN1C[C@H](OC)C[C@H]1c1n[nH]c(C)n1. The van der Waals surface area contributed by atoms with Gasteiger partial charge >= 0.3 is 0 Å². The Kier molecular flexibility index (Phi) is 5.30. The van der Waals surface area contributed by atoms with E-state index in [4.69, 9.17) is 4.74 Å². The number of carbonyl (C=O) groups is 1. The first-order chi connectivity index (χ1) is 10.0. The van der Waals surface area contributed by atoms with Crippen molar-refractivity contribution < 1.29 is 9.53 Å². The van der Waals surface area contributed by atoms with E-state index in [1.807, 2.05) is 20.9 Å². The normalized spacial score (nSPS) is 22.7. The fraction of sp³-hybridized carbons (Fsp3) is 0.786. The third kappa shape index (κ3) is 3.79. The second-order valence-corrected chi connectivity index (χ2v) is 5.54. The first-order valence-electron chi connectivity index (χ1n) is 7.44. The molecule has 0 unspecified atom stereocenters. The smallest absolute Gasteiger partial charge is 0.223 e.